The molecule has 0 unspecified atom stereocenters. The number of halogens is 1. The van der Waals surface area contributed by atoms with Crippen LogP contribution < -0.4 is 9.75 Å². The van der Waals surface area contributed by atoms with Gasteiger partial charge in [0.25, 0.3) is 5.91 Å². The summed E-state index contributed by atoms with van der Waals surface area (Å²) in [5.74, 6) is 1.61. The molecule has 8 heteroatoms. The van der Waals surface area contributed by atoms with Crippen molar-refractivity contribution in [3.8, 4) is 5.75 Å². The molecule has 1 aromatic heterocycles. The number of carbonyl (C=O) groups excluding carboxylic acids is 1. The molecule has 24 heavy (non-hydrogen) atoms. The molecule has 0 spiro atoms. The Morgan fingerprint density at radius 1 is 1.42 bits per heavy atom. The second kappa shape index (κ2) is 7.27. The van der Waals surface area contributed by atoms with E-state index in [2.05, 4.69) is 10.2 Å². The van der Waals surface area contributed by atoms with E-state index < -0.39 is 0 Å². The molecule has 0 aliphatic carbocycles. The SMILES string of the molecule is CC(C)=CCN1C(=O)CSc2nnc(COc3cccc(Cl)c3)n21. The number of aromatic nitrogens is 3. The fraction of sp³-hybridized carbons (Fsp3) is 0.312. The molecule has 0 bridgehead atoms. The van der Waals surface area contributed by atoms with Crippen molar-refractivity contribution in [1.82, 2.24) is 14.9 Å². The van der Waals surface area contributed by atoms with Gasteiger partial charge in [0, 0.05) is 5.02 Å². The number of rotatable bonds is 5. The summed E-state index contributed by atoms with van der Waals surface area (Å²) < 4.78 is 7.47. The molecule has 0 N–H and O–H groups in total. The fourth-order valence-corrected chi connectivity index (χ4v) is 3.19. The molecule has 126 valence electrons. The predicted molar refractivity (Wildman–Crippen MR) is 94.1 cm³/mol. The Labute approximate surface area is 149 Å². The zero-order chi connectivity index (χ0) is 17.1. The van der Waals surface area contributed by atoms with Crippen LogP contribution in [0.5, 0.6) is 5.75 Å². The smallest absolute Gasteiger partial charge is 0.252 e. The first-order valence-electron chi connectivity index (χ1n) is 7.44. The third-order valence-corrected chi connectivity index (χ3v) is 4.51. The van der Waals surface area contributed by atoms with E-state index in [1.807, 2.05) is 32.1 Å². The normalized spacial score (nSPS) is 13.6. The van der Waals surface area contributed by atoms with Crippen LogP contribution in [0.3, 0.4) is 0 Å². The highest BCUT2D eigenvalue weighted by Gasteiger charge is 2.28. The zero-order valence-electron chi connectivity index (χ0n) is 13.4. The lowest BCUT2D eigenvalue weighted by molar-refractivity contribution is -0.117. The number of hydrogen-bond acceptors (Lipinski definition) is 5. The number of ether oxygens (including phenoxy) is 1. The minimum atomic E-state index is 0.0220. The molecule has 0 saturated carbocycles. The quantitative estimate of drug-likeness (QED) is 0.763. The first kappa shape index (κ1) is 16.9. The van der Waals surface area contributed by atoms with Crippen LogP contribution in [0.2, 0.25) is 5.02 Å². The first-order chi connectivity index (χ1) is 11.5. The van der Waals surface area contributed by atoms with Gasteiger partial charge in [-0.25, -0.2) is 9.69 Å². The van der Waals surface area contributed by atoms with Gasteiger partial charge in [-0.15, -0.1) is 10.2 Å². The van der Waals surface area contributed by atoms with Crippen LogP contribution in [0, 0.1) is 0 Å². The topological polar surface area (TPSA) is 60.3 Å². The fourth-order valence-electron chi connectivity index (χ4n) is 2.19. The van der Waals surface area contributed by atoms with E-state index in [1.165, 1.54) is 11.8 Å². The van der Waals surface area contributed by atoms with Crippen molar-refractivity contribution in [3.05, 3.63) is 46.8 Å². The third-order valence-electron chi connectivity index (χ3n) is 3.37. The number of thioether (sulfide) groups is 1. The van der Waals surface area contributed by atoms with Crippen molar-refractivity contribution < 1.29 is 9.53 Å². The van der Waals surface area contributed by atoms with E-state index >= 15 is 0 Å². The van der Waals surface area contributed by atoms with Gasteiger partial charge >= 0.3 is 0 Å². The van der Waals surface area contributed by atoms with Crippen LogP contribution in [-0.4, -0.2) is 33.1 Å². The maximum absolute atomic E-state index is 12.3. The highest BCUT2D eigenvalue weighted by Crippen LogP contribution is 2.24. The molecule has 0 fully saturated rings. The lowest BCUT2D eigenvalue weighted by atomic mass is 10.3. The van der Waals surface area contributed by atoms with Gasteiger partial charge in [0.1, 0.15) is 12.4 Å². The number of allylic oxidation sites excluding steroid dienone is 1. The molecule has 0 saturated heterocycles. The van der Waals surface area contributed by atoms with Gasteiger partial charge in [-0.3, -0.25) is 4.79 Å². The van der Waals surface area contributed by atoms with E-state index in [0.717, 1.165) is 5.57 Å². The van der Waals surface area contributed by atoms with Crippen LogP contribution in [0.25, 0.3) is 0 Å². The van der Waals surface area contributed by atoms with Gasteiger partial charge in [0.2, 0.25) is 5.16 Å². The Morgan fingerprint density at radius 2 is 2.25 bits per heavy atom. The number of hydrogen-bond donors (Lipinski definition) is 0. The minimum absolute atomic E-state index is 0.0220. The van der Waals surface area contributed by atoms with Crippen molar-refractivity contribution in [2.24, 2.45) is 0 Å². The molecule has 6 nitrogen and oxygen atoms in total. The van der Waals surface area contributed by atoms with E-state index in [1.54, 1.807) is 21.8 Å². The molecule has 2 aromatic rings. The maximum Gasteiger partial charge on any atom is 0.252 e. The van der Waals surface area contributed by atoms with Gasteiger partial charge < -0.3 is 4.74 Å². The summed E-state index contributed by atoms with van der Waals surface area (Å²) in [5.41, 5.74) is 1.15. The van der Waals surface area contributed by atoms with E-state index in [9.17, 15) is 4.79 Å². The minimum Gasteiger partial charge on any atom is -0.485 e. The molecule has 0 radical (unpaired) electrons. The number of amides is 1. The number of nitrogens with zero attached hydrogens (tertiary/aromatic N) is 4. The number of benzene rings is 1. The third kappa shape index (κ3) is 3.73. The Balaban J connectivity index is 1.82. The highest BCUT2D eigenvalue weighted by atomic mass is 35.5. The van der Waals surface area contributed by atoms with Crippen LogP contribution in [0.1, 0.15) is 19.7 Å². The summed E-state index contributed by atoms with van der Waals surface area (Å²) >= 11 is 7.34. The molecule has 1 aromatic carbocycles. The monoisotopic (exact) mass is 364 g/mol. The lowest BCUT2D eigenvalue weighted by Gasteiger charge is -2.28. The van der Waals surface area contributed by atoms with Gasteiger partial charge in [0.15, 0.2) is 5.82 Å². The average Bonchev–Trinajstić information content (AvgIpc) is 2.95. The summed E-state index contributed by atoms with van der Waals surface area (Å²) in [7, 11) is 0. The summed E-state index contributed by atoms with van der Waals surface area (Å²) in [6.07, 6.45) is 2.00. The van der Waals surface area contributed by atoms with E-state index in [4.69, 9.17) is 16.3 Å². The van der Waals surface area contributed by atoms with Gasteiger partial charge in [-0.2, -0.15) is 0 Å². The molecular formula is C16H17ClN4O2S. The molecule has 3 rings (SSSR count). The Bertz CT molecular complexity index is 786. The number of fused-ring (bicyclic) bond motifs is 1. The number of carbonyl (C=O) groups is 1. The van der Waals surface area contributed by atoms with Crippen LogP contribution in [-0.2, 0) is 11.4 Å². The molecular weight excluding hydrogens is 348 g/mol. The van der Waals surface area contributed by atoms with Crippen LogP contribution in [0.4, 0.5) is 0 Å². The van der Waals surface area contributed by atoms with Crippen molar-refractivity contribution in [1.29, 1.82) is 0 Å². The van der Waals surface area contributed by atoms with Crippen molar-refractivity contribution in [2.75, 3.05) is 17.3 Å². The summed E-state index contributed by atoms with van der Waals surface area (Å²) in [6.45, 7) is 4.68. The second-order valence-electron chi connectivity index (χ2n) is 5.50. The van der Waals surface area contributed by atoms with Gasteiger partial charge in [-0.05, 0) is 32.0 Å². The largest absolute Gasteiger partial charge is 0.485 e. The van der Waals surface area contributed by atoms with Crippen LogP contribution in [0.15, 0.2) is 41.1 Å². The molecule has 1 aliphatic heterocycles. The van der Waals surface area contributed by atoms with Gasteiger partial charge in [-0.1, -0.05) is 41.1 Å². The highest BCUT2D eigenvalue weighted by molar-refractivity contribution is 7.99. The standard InChI is InChI=1S/C16H17ClN4O2S/c1-11(2)6-7-20-15(22)10-24-16-19-18-14(21(16)20)9-23-13-5-3-4-12(17)8-13/h3-6,8H,7,9-10H2,1-2H3. The second-order valence-corrected chi connectivity index (χ2v) is 6.88. The van der Waals surface area contributed by atoms with Crippen LogP contribution >= 0.6 is 23.4 Å². The average molecular weight is 365 g/mol. The Kier molecular flexibility index (Phi) is 5.11. The lowest BCUT2D eigenvalue weighted by Crippen LogP contribution is -2.46. The van der Waals surface area contributed by atoms with Crippen molar-refractivity contribution in [3.63, 3.8) is 0 Å². The summed E-state index contributed by atoms with van der Waals surface area (Å²) in [5, 5.41) is 11.3. The van der Waals surface area contributed by atoms with Crippen molar-refractivity contribution >= 4 is 29.3 Å². The van der Waals surface area contributed by atoms with E-state index in [0.29, 0.717) is 34.1 Å². The zero-order valence-corrected chi connectivity index (χ0v) is 15.0. The summed E-state index contributed by atoms with van der Waals surface area (Å²) in [4.78, 5) is 12.3. The van der Waals surface area contributed by atoms with E-state index in [-0.39, 0.29) is 12.5 Å². The first-order valence-corrected chi connectivity index (χ1v) is 8.80. The van der Waals surface area contributed by atoms with Crippen molar-refractivity contribution in [2.45, 2.75) is 25.6 Å². The predicted octanol–water partition coefficient (Wildman–Crippen LogP) is 3.05. The Morgan fingerprint density at radius 3 is 3.00 bits per heavy atom. The van der Waals surface area contributed by atoms with Gasteiger partial charge in [0.05, 0.1) is 12.3 Å². The molecule has 0 atom stereocenters. The molecule has 1 aliphatic rings. The Hall–Kier alpha value is -1.99. The molecule has 2 heterocycles. The molecule has 1 amide bonds. The maximum atomic E-state index is 12.3. The summed E-state index contributed by atoms with van der Waals surface area (Å²) in [6, 6.07) is 7.15.